The van der Waals surface area contributed by atoms with Gasteiger partial charge in [0.1, 0.15) is 5.56 Å². The van der Waals surface area contributed by atoms with Gasteiger partial charge < -0.3 is 14.8 Å². The van der Waals surface area contributed by atoms with Crippen LogP contribution in [0.15, 0.2) is 22.4 Å². The number of H-pyrrole nitrogens is 1. The first-order valence-electron chi connectivity index (χ1n) is 9.57. The third kappa shape index (κ3) is 3.61. The molecule has 1 aliphatic heterocycles. The Kier molecular flexibility index (Phi) is 4.82. The Morgan fingerprint density at radius 2 is 2.00 bits per heavy atom. The predicted molar refractivity (Wildman–Crippen MR) is 108 cm³/mol. The Balaban J connectivity index is 1.56. The fourth-order valence-electron chi connectivity index (χ4n) is 4.04. The van der Waals surface area contributed by atoms with Crippen molar-refractivity contribution in [2.45, 2.75) is 33.1 Å². The third-order valence-electron chi connectivity index (χ3n) is 5.42. The highest BCUT2D eigenvalue weighted by Gasteiger charge is 2.33. The van der Waals surface area contributed by atoms with Crippen molar-refractivity contribution in [1.82, 2.24) is 14.9 Å². The van der Waals surface area contributed by atoms with Crippen molar-refractivity contribution in [3.05, 3.63) is 44.8 Å². The molecule has 2 aliphatic rings. The normalized spacial score (nSPS) is 19.3. The maximum atomic E-state index is 13.0. The molecule has 3 heterocycles. The van der Waals surface area contributed by atoms with Crippen LogP contribution in [0.1, 0.15) is 53.1 Å². The van der Waals surface area contributed by atoms with E-state index in [0.29, 0.717) is 43.7 Å². The summed E-state index contributed by atoms with van der Waals surface area (Å²) in [4.78, 5) is 49.2. The molecule has 8 heteroatoms. The van der Waals surface area contributed by atoms with E-state index in [9.17, 15) is 14.4 Å². The number of nitrogens with one attached hydrogen (secondary N) is 1. The number of thiazole rings is 1. The largest absolute Gasteiger partial charge is 0.346 e. The van der Waals surface area contributed by atoms with Gasteiger partial charge in [-0.2, -0.15) is 0 Å². The summed E-state index contributed by atoms with van der Waals surface area (Å²) in [6, 6.07) is 1.51. The van der Waals surface area contributed by atoms with Crippen molar-refractivity contribution in [1.29, 1.82) is 0 Å². The van der Waals surface area contributed by atoms with Crippen LogP contribution in [0.5, 0.6) is 0 Å². The SMILES string of the molecule is CC1(C)CC(=O)c2cc(C(=O)N3CCCN(c4nccs4)CC3)c(=O)[nH]c2C1. The maximum absolute atomic E-state index is 13.0. The molecule has 148 valence electrons. The van der Waals surface area contributed by atoms with Crippen molar-refractivity contribution < 1.29 is 9.59 Å². The summed E-state index contributed by atoms with van der Waals surface area (Å²) >= 11 is 1.58. The lowest BCUT2D eigenvalue weighted by Crippen LogP contribution is -2.39. The van der Waals surface area contributed by atoms with Crippen molar-refractivity contribution in [3.8, 4) is 0 Å². The lowest BCUT2D eigenvalue weighted by atomic mass is 9.75. The first-order valence-corrected chi connectivity index (χ1v) is 10.5. The molecule has 1 amide bonds. The molecule has 28 heavy (non-hydrogen) atoms. The van der Waals surface area contributed by atoms with Gasteiger partial charge >= 0.3 is 0 Å². The van der Waals surface area contributed by atoms with Gasteiger partial charge in [-0.05, 0) is 24.3 Å². The molecule has 2 aromatic heterocycles. The van der Waals surface area contributed by atoms with Gasteiger partial charge in [-0.25, -0.2) is 4.98 Å². The van der Waals surface area contributed by atoms with E-state index >= 15 is 0 Å². The summed E-state index contributed by atoms with van der Waals surface area (Å²) in [5.41, 5.74) is 0.614. The molecule has 1 N–H and O–H groups in total. The van der Waals surface area contributed by atoms with Gasteiger partial charge in [0.25, 0.3) is 11.5 Å². The quantitative estimate of drug-likeness (QED) is 0.836. The molecular weight excluding hydrogens is 376 g/mol. The number of carbonyl (C=O) groups excluding carboxylic acids is 2. The monoisotopic (exact) mass is 400 g/mol. The zero-order chi connectivity index (χ0) is 19.9. The molecule has 4 rings (SSSR count). The van der Waals surface area contributed by atoms with E-state index in [4.69, 9.17) is 0 Å². The number of ketones is 1. The smallest absolute Gasteiger partial charge is 0.261 e. The zero-order valence-corrected chi connectivity index (χ0v) is 17.0. The second-order valence-electron chi connectivity index (χ2n) is 8.29. The van der Waals surface area contributed by atoms with Gasteiger partial charge in [0.05, 0.1) is 0 Å². The van der Waals surface area contributed by atoms with E-state index in [1.807, 2.05) is 19.2 Å². The topological polar surface area (TPSA) is 86.4 Å². The van der Waals surface area contributed by atoms with Crippen LogP contribution in [0.3, 0.4) is 0 Å². The van der Waals surface area contributed by atoms with Crippen LogP contribution in [0.2, 0.25) is 0 Å². The number of aromatic amines is 1. The summed E-state index contributed by atoms with van der Waals surface area (Å²) in [7, 11) is 0. The van der Waals surface area contributed by atoms with Crippen molar-refractivity contribution in [2.24, 2.45) is 5.41 Å². The van der Waals surface area contributed by atoms with Crippen LogP contribution in [-0.4, -0.2) is 52.7 Å². The van der Waals surface area contributed by atoms with Crippen molar-refractivity contribution in [3.63, 3.8) is 0 Å². The van der Waals surface area contributed by atoms with Gasteiger partial charge in [0.2, 0.25) is 0 Å². The molecule has 0 unspecified atom stereocenters. The molecule has 0 bridgehead atoms. The van der Waals surface area contributed by atoms with Crippen LogP contribution in [-0.2, 0) is 6.42 Å². The standard InChI is InChI=1S/C20H24N4O3S/c1-20(2)11-15-13(16(25)12-20)10-14(17(26)22-15)18(27)23-5-3-6-24(8-7-23)19-21-4-9-28-19/h4,9-10H,3,5-8,11-12H2,1-2H3,(H,22,26). The van der Waals surface area contributed by atoms with Gasteiger partial charge in [0.15, 0.2) is 10.9 Å². The summed E-state index contributed by atoms with van der Waals surface area (Å²) < 4.78 is 0. The number of aromatic nitrogens is 2. The highest BCUT2D eigenvalue weighted by atomic mass is 32.1. The number of hydrogen-bond donors (Lipinski definition) is 1. The third-order valence-corrected chi connectivity index (χ3v) is 6.25. The number of Topliss-reactive ketones (excluding diaryl/α,β-unsaturated/α-hetero) is 1. The first kappa shape index (κ1) is 18.9. The molecule has 0 atom stereocenters. The number of amides is 1. The molecule has 0 aromatic carbocycles. The molecule has 2 aromatic rings. The van der Waals surface area contributed by atoms with Crippen LogP contribution >= 0.6 is 11.3 Å². The molecule has 1 saturated heterocycles. The number of fused-ring (bicyclic) bond motifs is 1. The lowest BCUT2D eigenvalue weighted by molar-refractivity contribution is 0.0765. The highest BCUT2D eigenvalue weighted by molar-refractivity contribution is 7.13. The van der Waals surface area contributed by atoms with Crippen LogP contribution in [0.4, 0.5) is 5.13 Å². The van der Waals surface area contributed by atoms with Gasteiger partial charge in [-0.1, -0.05) is 13.8 Å². The zero-order valence-electron chi connectivity index (χ0n) is 16.2. The second kappa shape index (κ2) is 7.16. The first-order chi connectivity index (χ1) is 13.3. The minimum absolute atomic E-state index is 0.0117. The molecule has 0 spiro atoms. The number of rotatable bonds is 2. The van der Waals surface area contributed by atoms with E-state index in [1.165, 1.54) is 6.07 Å². The molecule has 1 fully saturated rings. The Bertz CT molecular complexity index is 964. The van der Waals surface area contributed by atoms with Crippen molar-refractivity contribution >= 4 is 28.2 Å². The second-order valence-corrected chi connectivity index (χ2v) is 9.17. The van der Waals surface area contributed by atoms with Gasteiger partial charge in [0, 0.05) is 55.4 Å². The van der Waals surface area contributed by atoms with E-state index in [-0.39, 0.29) is 22.7 Å². The summed E-state index contributed by atoms with van der Waals surface area (Å²) in [5, 5.41) is 2.89. The molecule has 0 radical (unpaired) electrons. The minimum atomic E-state index is -0.407. The van der Waals surface area contributed by atoms with Gasteiger partial charge in [-0.15, -0.1) is 11.3 Å². The molecule has 0 saturated carbocycles. The number of hydrogen-bond acceptors (Lipinski definition) is 6. The molecule has 7 nitrogen and oxygen atoms in total. The summed E-state index contributed by atoms with van der Waals surface area (Å²) in [6.07, 6.45) is 3.64. The molecular formula is C20H24N4O3S. The Morgan fingerprint density at radius 1 is 1.18 bits per heavy atom. The van der Waals surface area contributed by atoms with E-state index < -0.39 is 5.56 Å². The summed E-state index contributed by atoms with van der Waals surface area (Å²) in [5.74, 6) is -0.315. The Morgan fingerprint density at radius 3 is 2.75 bits per heavy atom. The van der Waals surface area contributed by atoms with Crippen molar-refractivity contribution in [2.75, 3.05) is 31.1 Å². The van der Waals surface area contributed by atoms with E-state index in [0.717, 1.165) is 18.1 Å². The van der Waals surface area contributed by atoms with E-state index in [2.05, 4.69) is 14.9 Å². The average Bonchev–Trinajstić information content (AvgIpc) is 3.04. The van der Waals surface area contributed by atoms with Gasteiger partial charge in [-0.3, -0.25) is 14.4 Å². The number of carbonyl (C=O) groups is 2. The maximum Gasteiger partial charge on any atom is 0.261 e. The fourth-order valence-corrected chi connectivity index (χ4v) is 4.74. The lowest BCUT2D eigenvalue weighted by Gasteiger charge is -2.30. The number of anilines is 1. The minimum Gasteiger partial charge on any atom is -0.346 e. The average molecular weight is 401 g/mol. The predicted octanol–water partition coefficient (Wildman–Crippen LogP) is 2.34. The number of pyridine rings is 1. The Hall–Kier alpha value is -2.48. The highest BCUT2D eigenvalue weighted by Crippen LogP contribution is 2.33. The molecule has 1 aliphatic carbocycles. The van der Waals surface area contributed by atoms with Crippen LogP contribution < -0.4 is 10.5 Å². The Labute approximate surface area is 167 Å². The number of nitrogens with zero attached hydrogens (tertiary/aromatic N) is 3. The van der Waals surface area contributed by atoms with Crippen LogP contribution in [0, 0.1) is 5.41 Å². The van der Waals surface area contributed by atoms with E-state index in [1.54, 1.807) is 22.4 Å². The summed E-state index contributed by atoms with van der Waals surface area (Å²) in [6.45, 7) is 6.63. The van der Waals surface area contributed by atoms with Crippen LogP contribution in [0.25, 0.3) is 0 Å². The fraction of sp³-hybridized carbons (Fsp3) is 0.500.